The van der Waals surface area contributed by atoms with E-state index in [0.717, 1.165) is 0 Å². The summed E-state index contributed by atoms with van der Waals surface area (Å²) < 4.78 is 14.8. The Balaban J connectivity index is 2.33. The smallest absolute Gasteiger partial charge is 0.309 e. The summed E-state index contributed by atoms with van der Waals surface area (Å²) in [7, 11) is 0. The largest absolute Gasteiger partial charge is 0.481 e. The molecule has 1 N–H and O–H groups in total. The van der Waals surface area contributed by atoms with E-state index in [-0.39, 0.29) is 12.2 Å². The molecule has 0 aliphatic heterocycles. The van der Waals surface area contributed by atoms with Crippen molar-refractivity contribution in [1.29, 1.82) is 0 Å². The monoisotopic (exact) mass is 299 g/mol. The van der Waals surface area contributed by atoms with E-state index < -0.39 is 5.97 Å². The number of rotatable bonds is 3. The summed E-state index contributed by atoms with van der Waals surface area (Å²) >= 11 is 3.20. The van der Waals surface area contributed by atoms with Gasteiger partial charge in [0.1, 0.15) is 5.82 Å². The van der Waals surface area contributed by atoms with Crippen LogP contribution in [0.25, 0.3) is 5.69 Å². The Kier molecular flexibility index (Phi) is 3.19. The molecule has 0 atom stereocenters. The van der Waals surface area contributed by atoms with Gasteiger partial charge in [0.05, 0.1) is 24.0 Å². The van der Waals surface area contributed by atoms with Crippen LogP contribution < -0.4 is 0 Å². The Morgan fingerprint density at radius 2 is 2.29 bits per heavy atom. The molecular formula is C10H7BrFN3O2. The molecule has 0 fully saturated rings. The SMILES string of the molecule is O=C(O)Cc1cn(-c2ccc(F)cc2Br)nn1. The number of aliphatic carboxylic acids is 1. The quantitative estimate of drug-likeness (QED) is 0.938. The summed E-state index contributed by atoms with van der Waals surface area (Å²) in [4.78, 5) is 10.5. The van der Waals surface area contributed by atoms with Crippen LogP contribution >= 0.6 is 15.9 Å². The van der Waals surface area contributed by atoms with Crippen LogP contribution in [-0.4, -0.2) is 26.1 Å². The van der Waals surface area contributed by atoms with Crippen LogP contribution in [0, 0.1) is 5.82 Å². The van der Waals surface area contributed by atoms with Crippen LogP contribution in [0.3, 0.4) is 0 Å². The van der Waals surface area contributed by atoms with Crippen molar-refractivity contribution in [1.82, 2.24) is 15.0 Å². The third kappa shape index (κ3) is 2.68. The van der Waals surface area contributed by atoms with E-state index in [1.165, 1.54) is 29.1 Å². The number of carbonyl (C=O) groups is 1. The van der Waals surface area contributed by atoms with Crippen molar-refractivity contribution in [3.8, 4) is 5.69 Å². The lowest BCUT2D eigenvalue weighted by Crippen LogP contribution is -2.00. The molecule has 2 rings (SSSR count). The van der Waals surface area contributed by atoms with Gasteiger partial charge in [0, 0.05) is 4.47 Å². The minimum Gasteiger partial charge on any atom is -0.481 e. The molecule has 0 spiro atoms. The van der Waals surface area contributed by atoms with Gasteiger partial charge < -0.3 is 5.11 Å². The zero-order valence-electron chi connectivity index (χ0n) is 8.47. The van der Waals surface area contributed by atoms with E-state index in [1.807, 2.05) is 0 Å². The highest BCUT2D eigenvalue weighted by molar-refractivity contribution is 9.10. The standard InChI is InChI=1S/C10H7BrFN3O2/c11-8-3-6(12)1-2-9(8)15-5-7(13-14-15)4-10(16)17/h1-3,5H,4H2,(H,16,17). The first-order valence-electron chi connectivity index (χ1n) is 4.64. The number of nitrogens with zero attached hydrogens (tertiary/aromatic N) is 3. The second-order valence-electron chi connectivity index (χ2n) is 3.32. The molecule has 1 aromatic carbocycles. The van der Waals surface area contributed by atoms with Crippen LogP contribution in [0.2, 0.25) is 0 Å². The average Bonchev–Trinajstić information content (AvgIpc) is 2.65. The van der Waals surface area contributed by atoms with Crippen LogP contribution in [0.4, 0.5) is 4.39 Å². The molecule has 0 bridgehead atoms. The summed E-state index contributed by atoms with van der Waals surface area (Å²) in [5, 5.41) is 16.1. The number of hydrogen-bond donors (Lipinski definition) is 1. The van der Waals surface area contributed by atoms with Gasteiger partial charge in [0.2, 0.25) is 0 Å². The maximum absolute atomic E-state index is 12.9. The number of hydrogen-bond acceptors (Lipinski definition) is 3. The number of carboxylic acid groups (broad SMARTS) is 1. The van der Waals surface area contributed by atoms with Crippen molar-refractivity contribution in [2.75, 3.05) is 0 Å². The molecule has 1 aromatic heterocycles. The Bertz CT molecular complexity index is 570. The summed E-state index contributed by atoms with van der Waals surface area (Å²) in [5.74, 6) is -1.35. The minimum atomic E-state index is -0.977. The summed E-state index contributed by atoms with van der Waals surface area (Å²) in [6, 6.07) is 4.12. The average molecular weight is 300 g/mol. The topological polar surface area (TPSA) is 68.0 Å². The van der Waals surface area contributed by atoms with Gasteiger partial charge in [-0.15, -0.1) is 5.10 Å². The lowest BCUT2D eigenvalue weighted by atomic mass is 10.3. The van der Waals surface area contributed by atoms with Crippen molar-refractivity contribution in [3.63, 3.8) is 0 Å². The van der Waals surface area contributed by atoms with Crippen molar-refractivity contribution < 1.29 is 14.3 Å². The van der Waals surface area contributed by atoms with Gasteiger partial charge in [0.25, 0.3) is 0 Å². The number of halogens is 2. The molecule has 17 heavy (non-hydrogen) atoms. The minimum absolute atomic E-state index is 0.196. The van der Waals surface area contributed by atoms with Crippen molar-refractivity contribution >= 4 is 21.9 Å². The van der Waals surface area contributed by atoms with E-state index >= 15 is 0 Å². The highest BCUT2D eigenvalue weighted by atomic mass is 79.9. The molecule has 0 aliphatic rings. The number of carboxylic acids is 1. The molecule has 0 unspecified atom stereocenters. The van der Waals surface area contributed by atoms with Crippen LogP contribution in [-0.2, 0) is 11.2 Å². The zero-order valence-corrected chi connectivity index (χ0v) is 10.1. The lowest BCUT2D eigenvalue weighted by Gasteiger charge is -2.02. The third-order valence-corrected chi connectivity index (χ3v) is 2.66. The Morgan fingerprint density at radius 3 is 2.94 bits per heavy atom. The van der Waals surface area contributed by atoms with Crippen molar-refractivity contribution in [2.24, 2.45) is 0 Å². The van der Waals surface area contributed by atoms with E-state index in [2.05, 4.69) is 26.2 Å². The van der Waals surface area contributed by atoms with Crippen molar-refractivity contribution in [2.45, 2.75) is 6.42 Å². The Hall–Kier alpha value is -1.76. The fourth-order valence-electron chi connectivity index (χ4n) is 1.32. The molecule has 2 aromatic rings. The molecule has 0 saturated heterocycles. The second-order valence-corrected chi connectivity index (χ2v) is 4.18. The number of aromatic nitrogens is 3. The van der Waals surface area contributed by atoms with Gasteiger partial charge in [-0.05, 0) is 34.1 Å². The first-order chi connectivity index (χ1) is 8.06. The second kappa shape index (κ2) is 4.62. The van der Waals surface area contributed by atoms with E-state index in [4.69, 9.17) is 5.11 Å². The Morgan fingerprint density at radius 1 is 1.53 bits per heavy atom. The molecular weight excluding hydrogens is 293 g/mol. The molecule has 1 heterocycles. The third-order valence-electron chi connectivity index (χ3n) is 2.03. The zero-order chi connectivity index (χ0) is 12.4. The van der Waals surface area contributed by atoms with Crippen LogP contribution in [0.1, 0.15) is 5.69 Å². The summed E-state index contributed by atoms with van der Waals surface area (Å²) in [6.45, 7) is 0. The predicted octanol–water partition coefficient (Wildman–Crippen LogP) is 1.80. The predicted molar refractivity (Wildman–Crippen MR) is 60.4 cm³/mol. The van der Waals surface area contributed by atoms with Gasteiger partial charge in [-0.1, -0.05) is 5.21 Å². The van der Waals surface area contributed by atoms with Gasteiger partial charge >= 0.3 is 5.97 Å². The van der Waals surface area contributed by atoms with E-state index in [0.29, 0.717) is 15.9 Å². The van der Waals surface area contributed by atoms with E-state index in [1.54, 1.807) is 0 Å². The van der Waals surface area contributed by atoms with Crippen LogP contribution in [0.5, 0.6) is 0 Å². The van der Waals surface area contributed by atoms with Gasteiger partial charge in [-0.3, -0.25) is 4.79 Å². The fraction of sp³-hybridized carbons (Fsp3) is 0.100. The van der Waals surface area contributed by atoms with Gasteiger partial charge in [-0.25, -0.2) is 9.07 Å². The molecule has 0 radical (unpaired) electrons. The Labute approximate surface area is 104 Å². The molecule has 7 heteroatoms. The lowest BCUT2D eigenvalue weighted by molar-refractivity contribution is -0.136. The van der Waals surface area contributed by atoms with Crippen molar-refractivity contribution in [3.05, 3.63) is 40.4 Å². The summed E-state index contributed by atoms with van der Waals surface area (Å²) in [5.41, 5.74) is 0.935. The first-order valence-corrected chi connectivity index (χ1v) is 5.44. The number of benzene rings is 1. The molecule has 0 aliphatic carbocycles. The molecule has 5 nitrogen and oxygen atoms in total. The normalized spacial score (nSPS) is 10.5. The van der Waals surface area contributed by atoms with Gasteiger partial charge in [-0.2, -0.15) is 0 Å². The maximum Gasteiger partial charge on any atom is 0.309 e. The highest BCUT2D eigenvalue weighted by Gasteiger charge is 2.09. The first kappa shape index (κ1) is 11.7. The highest BCUT2D eigenvalue weighted by Crippen LogP contribution is 2.21. The fourth-order valence-corrected chi connectivity index (χ4v) is 1.85. The maximum atomic E-state index is 12.9. The van der Waals surface area contributed by atoms with E-state index in [9.17, 15) is 9.18 Å². The van der Waals surface area contributed by atoms with Crippen LogP contribution in [0.15, 0.2) is 28.9 Å². The van der Waals surface area contributed by atoms with Gasteiger partial charge in [0.15, 0.2) is 0 Å². The molecule has 0 saturated carbocycles. The molecule has 0 amide bonds. The molecule has 88 valence electrons. The summed E-state index contributed by atoms with van der Waals surface area (Å²) in [6.07, 6.45) is 1.30.